The zero-order chi connectivity index (χ0) is 17.0. The number of hydrogen-bond donors (Lipinski definition) is 1. The standard InChI is InChI=1S/C20H34O2S/c1-4-5-6-7-8-10-15-19(16-17-23)20(21-2,22-3)18-13-11-9-12-14-18/h9,11-14,19,23H,4-8,10,15-17H2,1-3H3. The van der Waals surface area contributed by atoms with E-state index >= 15 is 0 Å². The van der Waals surface area contributed by atoms with Crippen LogP contribution < -0.4 is 0 Å². The SMILES string of the molecule is CCCCCCCCC(CCS)C(OC)(OC)c1ccccc1. The van der Waals surface area contributed by atoms with Crippen LogP contribution in [0.1, 0.15) is 63.9 Å². The average molecular weight is 339 g/mol. The maximum atomic E-state index is 5.93. The van der Waals surface area contributed by atoms with E-state index in [1.807, 2.05) is 18.2 Å². The second-order valence-electron chi connectivity index (χ2n) is 6.21. The van der Waals surface area contributed by atoms with Gasteiger partial charge in [0.25, 0.3) is 0 Å². The second-order valence-corrected chi connectivity index (χ2v) is 6.65. The molecule has 1 aromatic carbocycles. The van der Waals surface area contributed by atoms with Gasteiger partial charge in [0, 0.05) is 25.7 Å². The van der Waals surface area contributed by atoms with E-state index in [-0.39, 0.29) is 0 Å². The van der Waals surface area contributed by atoms with Gasteiger partial charge in [-0.15, -0.1) is 0 Å². The van der Waals surface area contributed by atoms with Crippen LogP contribution in [0.15, 0.2) is 30.3 Å². The van der Waals surface area contributed by atoms with Crippen molar-refractivity contribution in [3.05, 3.63) is 35.9 Å². The van der Waals surface area contributed by atoms with Crippen molar-refractivity contribution in [2.75, 3.05) is 20.0 Å². The molecular formula is C20H34O2S. The van der Waals surface area contributed by atoms with Crippen LogP contribution in [0.2, 0.25) is 0 Å². The molecule has 0 bridgehead atoms. The summed E-state index contributed by atoms with van der Waals surface area (Å²) in [5.74, 6) is 0.512. The number of hydrogen-bond acceptors (Lipinski definition) is 3. The Kier molecular flexibility index (Phi) is 10.7. The molecule has 0 saturated carbocycles. The first-order chi connectivity index (χ1) is 11.2. The summed E-state index contributed by atoms with van der Waals surface area (Å²) < 4.78 is 11.9. The number of benzene rings is 1. The monoisotopic (exact) mass is 338 g/mol. The fraction of sp³-hybridized carbons (Fsp3) is 0.700. The smallest absolute Gasteiger partial charge is 0.197 e. The molecule has 0 fully saturated rings. The van der Waals surface area contributed by atoms with Gasteiger partial charge in [-0.3, -0.25) is 0 Å². The summed E-state index contributed by atoms with van der Waals surface area (Å²) >= 11 is 4.46. The highest BCUT2D eigenvalue weighted by molar-refractivity contribution is 7.80. The largest absolute Gasteiger partial charge is 0.349 e. The number of methoxy groups -OCH3 is 2. The van der Waals surface area contributed by atoms with Crippen molar-refractivity contribution < 1.29 is 9.47 Å². The minimum atomic E-state index is -0.659. The molecule has 0 radical (unpaired) electrons. The summed E-state index contributed by atoms with van der Waals surface area (Å²) in [6.45, 7) is 2.26. The van der Waals surface area contributed by atoms with Crippen molar-refractivity contribution in [1.29, 1.82) is 0 Å². The molecule has 0 amide bonds. The van der Waals surface area contributed by atoms with E-state index in [1.165, 1.54) is 38.5 Å². The third-order valence-corrected chi connectivity index (χ3v) is 4.96. The Morgan fingerprint density at radius 2 is 1.52 bits per heavy atom. The van der Waals surface area contributed by atoms with Crippen molar-refractivity contribution in [2.45, 2.75) is 64.1 Å². The number of rotatable bonds is 13. The van der Waals surface area contributed by atoms with E-state index in [0.717, 1.165) is 24.2 Å². The molecule has 0 aromatic heterocycles. The first-order valence-electron chi connectivity index (χ1n) is 9.01. The topological polar surface area (TPSA) is 18.5 Å². The van der Waals surface area contributed by atoms with Gasteiger partial charge in [-0.2, -0.15) is 12.6 Å². The lowest BCUT2D eigenvalue weighted by atomic mass is 9.85. The lowest BCUT2D eigenvalue weighted by Gasteiger charge is -2.39. The molecule has 1 aromatic rings. The molecule has 0 aliphatic rings. The predicted molar refractivity (Wildman–Crippen MR) is 102 cm³/mol. The van der Waals surface area contributed by atoms with E-state index in [0.29, 0.717) is 5.92 Å². The van der Waals surface area contributed by atoms with Gasteiger partial charge in [-0.1, -0.05) is 75.8 Å². The third kappa shape index (κ3) is 6.13. The van der Waals surface area contributed by atoms with Crippen LogP contribution in [0.25, 0.3) is 0 Å². The van der Waals surface area contributed by atoms with Crippen LogP contribution in [-0.2, 0) is 15.3 Å². The second kappa shape index (κ2) is 11.9. The Balaban J connectivity index is 2.74. The summed E-state index contributed by atoms with van der Waals surface area (Å²) in [5, 5.41) is 0. The van der Waals surface area contributed by atoms with Gasteiger partial charge < -0.3 is 9.47 Å². The maximum absolute atomic E-state index is 5.93. The quantitative estimate of drug-likeness (QED) is 0.277. The molecule has 0 saturated heterocycles. The Bertz CT molecular complexity index is 390. The summed E-state index contributed by atoms with van der Waals surface area (Å²) in [6.07, 6.45) is 9.96. The molecule has 132 valence electrons. The lowest BCUT2D eigenvalue weighted by molar-refractivity contribution is -0.252. The highest BCUT2D eigenvalue weighted by Gasteiger charge is 2.40. The Hall–Kier alpha value is -0.510. The van der Waals surface area contributed by atoms with E-state index < -0.39 is 5.79 Å². The molecule has 1 rings (SSSR count). The summed E-state index contributed by atoms with van der Waals surface area (Å²) in [7, 11) is 3.51. The summed E-state index contributed by atoms with van der Waals surface area (Å²) in [6, 6.07) is 10.3. The molecule has 0 aliphatic heterocycles. The normalized spacial score (nSPS) is 13.2. The lowest BCUT2D eigenvalue weighted by Crippen LogP contribution is -2.39. The van der Waals surface area contributed by atoms with Crippen molar-refractivity contribution in [1.82, 2.24) is 0 Å². The first-order valence-corrected chi connectivity index (χ1v) is 9.65. The van der Waals surface area contributed by atoms with Gasteiger partial charge in [-0.05, 0) is 18.6 Å². The highest BCUT2D eigenvalue weighted by atomic mass is 32.1. The number of thiol groups is 1. The molecule has 0 heterocycles. The molecule has 0 spiro atoms. The molecule has 23 heavy (non-hydrogen) atoms. The zero-order valence-electron chi connectivity index (χ0n) is 15.1. The average Bonchev–Trinajstić information content (AvgIpc) is 2.60. The van der Waals surface area contributed by atoms with Crippen LogP contribution in [-0.4, -0.2) is 20.0 Å². The number of ether oxygens (including phenoxy) is 2. The fourth-order valence-electron chi connectivity index (χ4n) is 3.41. The Morgan fingerprint density at radius 3 is 2.09 bits per heavy atom. The van der Waals surface area contributed by atoms with Gasteiger partial charge in [0.15, 0.2) is 5.79 Å². The van der Waals surface area contributed by atoms with E-state index in [1.54, 1.807) is 14.2 Å². The molecule has 2 nitrogen and oxygen atoms in total. The van der Waals surface area contributed by atoms with Crippen LogP contribution in [0.5, 0.6) is 0 Å². The predicted octanol–water partition coefficient (Wildman–Crippen LogP) is 5.82. The van der Waals surface area contributed by atoms with Crippen molar-refractivity contribution in [3.8, 4) is 0 Å². The van der Waals surface area contributed by atoms with Gasteiger partial charge in [0.1, 0.15) is 0 Å². The minimum absolute atomic E-state index is 0.323. The maximum Gasteiger partial charge on any atom is 0.197 e. The molecule has 1 unspecified atom stereocenters. The van der Waals surface area contributed by atoms with E-state index in [4.69, 9.17) is 9.47 Å². The van der Waals surface area contributed by atoms with Gasteiger partial charge >= 0.3 is 0 Å². The van der Waals surface area contributed by atoms with Crippen LogP contribution in [0.3, 0.4) is 0 Å². The number of unbranched alkanes of at least 4 members (excludes halogenated alkanes) is 5. The Morgan fingerprint density at radius 1 is 0.913 bits per heavy atom. The van der Waals surface area contributed by atoms with E-state index in [9.17, 15) is 0 Å². The van der Waals surface area contributed by atoms with Gasteiger partial charge in [-0.25, -0.2) is 0 Å². The van der Waals surface area contributed by atoms with Crippen molar-refractivity contribution in [3.63, 3.8) is 0 Å². The summed E-state index contributed by atoms with van der Waals surface area (Å²) in [5.41, 5.74) is 1.10. The Labute approximate surface area is 148 Å². The van der Waals surface area contributed by atoms with Crippen molar-refractivity contribution in [2.24, 2.45) is 5.92 Å². The molecule has 1 atom stereocenters. The molecule has 0 N–H and O–H groups in total. The molecule has 3 heteroatoms. The van der Waals surface area contributed by atoms with Crippen molar-refractivity contribution >= 4 is 12.6 Å². The minimum Gasteiger partial charge on any atom is -0.349 e. The molecular weight excluding hydrogens is 304 g/mol. The van der Waals surface area contributed by atoms with Crippen LogP contribution >= 0.6 is 12.6 Å². The highest BCUT2D eigenvalue weighted by Crippen LogP contribution is 2.39. The fourth-order valence-corrected chi connectivity index (χ4v) is 3.72. The van der Waals surface area contributed by atoms with E-state index in [2.05, 4.69) is 31.7 Å². The van der Waals surface area contributed by atoms with Crippen LogP contribution in [0, 0.1) is 5.92 Å². The third-order valence-electron chi connectivity index (χ3n) is 4.70. The molecule has 0 aliphatic carbocycles. The summed E-state index contributed by atoms with van der Waals surface area (Å²) in [4.78, 5) is 0. The van der Waals surface area contributed by atoms with Gasteiger partial charge in [0.05, 0.1) is 0 Å². The first kappa shape index (κ1) is 20.5. The zero-order valence-corrected chi connectivity index (χ0v) is 16.0. The van der Waals surface area contributed by atoms with Gasteiger partial charge in [0.2, 0.25) is 0 Å². The van der Waals surface area contributed by atoms with Crippen LogP contribution in [0.4, 0.5) is 0 Å².